The average Bonchev–Trinajstić information content (AvgIpc) is 2.49. The van der Waals surface area contributed by atoms with Crippen molar-refractivity contribution in [1.29, 1.82) is 0 Å². The summed E-state index contributed by atoms with van der Waals surface area (Å²) in [5.74, 6) is -6.27. The van der Waals surface area contributed by atoms with Crippen LogP contribution in [0.2, 0.25) is 0 Å². The van der Waals surface area contributed by atoms with Crippen molar-refractivity contribution in [1.82, 2.24) is 5.32 Å². The number of Topliss-reactive ketones (excluding diaryl/α,β-unsaturated/α-hetero) is 1. The predicted molar refractivity (Wildman–Crippen MR) is 76.7 cm³/mol. The van der Waals surface area contributed by atoms with E-state index in [0.717, 1.165) is 6.20 Å². The maximum atomic E-state index is 14.0. The van der Waals surface area contributed by atoms with Crippen molar-refractivity contribution in [3.8, 4) is 0 Å². The molecule has 0 saturated heterocycles. The number of carbonyl (C=O) groups excluding carboxylic acids is 2. The van der Waals surface area contributed by atoms with Crippen LogP contribution in [0.3, 0.4) is 0 Å². The van der Waals surface area contributed by atoms with Crippen LogP contribution in [-0.2, 0) is 9.53 Å². The molecule has 1 aromatic rings. The van der Waals surface area contributed by atoms with Gasteiger partial charge in [-0.2, -0.15) is 0 Å². The Morgan fingerprint density at radius 1 is 1.27 bits per heavy atom. The smallest absolute Gasteiger partial charge is 0.343 e. The van der Waals surface area contributed by atoms with Crippen molar-refractivity contribution < 1.29 is 27.5 Å². The lowest BCUT2D eigenvalue weighted by Gasteiger charge is -2.09. The highest BCUT2D eigenvalue weighted by atomic mass is 79.9. The SMILES string of the molecule is CCN/C=C(\C(=O)OCC)C(=O)c1cc(F)c(F)c(Br)c1F. The van der Waals surface area contributed by atoms with Gasteiger partial charge in [-0.15, -0.1) is 0 Å². The second-order valence-electron chi connectivity index (χ2n) is 4.01. The van der Waals surface area contributed by atoms with Crippen LogP contribution in [0, 0.1) is 17.5 Å². The second-order valence-corrected chi connectivity index (χ2v) is 4.81. The van der Waals surface area contributed by atoms with Gasteiger partial charge in [0.2, 0.25) is 5.78 Å². The van der Waals surface area contributed by atoms with Crippen LogP contribution < -0.4 is 5.32 Å². The number of hydrogen-bond acceptors (Lipinski definition) is 4. The number of ether oxygens (including phenoxy) is 1. The molecule has 0 spiro atoms. The van der Waals surface area contributed by atoms with Gasteiger partial charge in [-0.1, -0.05) is 0 Å². The van der Waals surface area contributed by atoms with E-state index in [4.69, 9.17) is 4.74 Å². The minimum atomic E-state index is -1.46. The summed E-state index contributed by atoms with van der Waals surface area (Å²) >= 11 is 2.53. The molecule has 120 valence electrons. The van der Waals surface area contributed by atoms with E-state index in [1.165, 1.54) is 6.92 Å². The van der Waals surface area contributed by atoms with Crippen molar-refractivity contribution in [3.05, 3.63) is 45.3 Å². The molecule has 0 amide bonds. The highest BCUT2D eigenvalue weighted by molar-refractivity contribution is 9.10. The summed E-state index contributed by atoms with van der Waals surface area (Å²) in [7, 11) is 0. The Bertz CT molecular complexity index is 632. The maximum Gasteiger partial charge on any atom is 0.343 e. The first kappa shape index (κ1) is 18.2. The molecule has 1 rings (SSSR count). The van der Waals surface area contributed by atoms with E-state index in [-0.39, 0.29) is 6.61 Å². The predicted octanol–water partition coefficient (Wildman–Crippen LogP) is 3.11. The Morgan fingerprint density at radius 2 is 1.91 bits per heavy atom. The van der Waals surface area contributed by atoms with Crippen LogP contribution in [0.5, 0.6) is 0 Å². The number of rotatable bonds is 6. The first-order valence-corrected chi connectivity index (χ1v) is 7.12. The monoisotopic (exact) mass is 379 g/mol. The Balaban J connectivity index is 3.34. The molecule has 0 unspecified atom stereocenters. The molecule has 0 aromatic heterocycles. The number of benzene rings is 1. The second kappa shape index (κ2) is 7.98. The summed E-state index contributed by atoms with van der Waals surface area (Å²) in [5.41, 5.74) is -1.29. The summed E-state index contributed by atoms with van der Waals surface area (Å²) in [4.78, 5) is 24.0. The first-order chi connectivity index (χ1) is 10.3. The molecule has 0 radical (unpaired) electrons. The standard InChI is InChI=1S/C14H13BrF3NO3/c1-3-19-6-8(14(21)22-4-2)13(20)7-5-9(16)12(18)10(15)11(7)17/h5-6,19H,3-4H2,1-2H3/b8-6-. The Morgan fingerprint density at radius 3 is 2.45 bits per heavy atom. The van der Waals surface area contributed by atoms with Crippen LogP contribution in [0.4, 0.5) is 13.2 Å². The van der Waals surface area contributed by atoms with Crippen LogP contribution in [0.25, 0.3) is 0 Å². The zero-order valence-electron chi connectivity index (χ0n) is 11.8. The summed E-state index contributed by atoms with van der Waals surface area (Å²) in [6, 6.07) is 0.400. The molecule has 0 bridgehead atoms. The zero-order valence-corrected chi connectivity index (χ0v) is 13.4. The lowest BCUT2D eigenvalue weighted by atomic mass is 10.0. The molecule has 0 atom stereocenters. The lowest BCUT2D eigenvalue weighted by Crippen LogP contribution is -2.21. The summed E-state index contributed by atoms with van der Waals surface area (Å²) < 4.78 is 44.4. The van der Waals surface area contributed by atoms with Gasteiger partial charge in [0, 0.05) is 12.7 Å². The van der Waals surface area contributed by atoms with Gasteiger partial charge in [-0.3, -0.25) is 4.79 Å². The third-order valence-corrected chi connectivity index (χ3v) is 3.23. The molecule has 4 nitrogen and oxygen atoms in total. The van der Waals surface area contributed by atoms with Gasteiger partial charge in [-0.25, -0.2) is 18.0 Å². The maximum absolute atomic E-state index is 14.0. The highest BCUT2D eigenvalue weighted by Gasteiger charge is 2.27. The van der Waals surface area contributed by atoms with Gasteiger partial charge in [-0.05, 0) is 35.8 Å². The van der Waals surface area contributed by atoms with E-state index in [1.54, 1.807) is 6.92 Å². The van der Waals surface area contributed by atoms with Crippen molar-refractivity contribution >= 4 is 27.7 Å². The summed E-state index contributed by atoms with van der Waals surface area (Å²) in [6.07, 6.45) is 1.05. The average molecular weight is 380 g/mol. The minimum Gasteiger partial charge on any atom is -0.462 e. The van der Waals surface area contributed by atoms with Gasteiger partial charge in [0.15, 0.2) is 17.5 Å². The Labute approximate surface area is 133 Å². The van der Waals surface area contributed by atoms with Crippen molar-refractivity contribution in [2.24, 2.45) is 0 Å². The van der Waals surface area contributed by atoms with E-state index in [1.807, 2.05) is 0 Å². The summed E-state index contributed by atoms with van der Waals surface area (Å²) in [5, 5.41) is 2.61. The first-order valence-electron chi connectivity index (χ1n) is 6.33. The third kappa shape index (κ3) is 3.88. The molecule has 0 saturated carbocycles. The number of hydrogen-bond donors (Lipinski definition) is 1. The molecule has 0 aliphatic carbocycles. The fourth-order valence-corrected chi connectivity index (χ4v) is 1.92. The normalized spacial score (nSPS) is 11.3. The number of nitrogens with one attached hydrogen (secondary N) is 1. The van der Waals surface area contributed by atoms with Crippen molar-refractivity contribution in [2.45, 2.75) is 13.8 Å². The minimum absolute atomic E-state index is 0.000462. The quantitative estimate of drug-likeness (QED) is 0.157. The molecule has 0 aliphatic rings. The molecule has 0 fully saturated rings. The Hall–Kier alpha value is -1.83. The van der Waals surface area contributed by atoms with E-state index >= 15 is 0 Å². The number of halogens is 4. The van der Waals surface area contributed by atoms with Crippen molar-refractivity contribution in [3.63, 3.8) is 0 Å². The van der Waals surface area contributed by atoms with Crippen LogP contribution in [0.1, 0.15) is 24.2 Å². The fourth-order valence-electron chi connectivity index (χ4n) is 1.51. The fraction of sp³-hybridized carbons (Fsp3) is 0.286. The molecule has 8 heteroatoms. The Kier molecular flexibility index (Phi) is 6.61. The molecule has 1 N–H and O–H groups in total. The lowest BCUT2D eigenvalue weighted by molar-refractivity contribution is -0.138. The molecular weight excluding hydrogens is 367 g/mol. The van der Waals surface area contributed by atoms with Crippen LogP contribution >= 0.6 is 15.9 Å². The van der Waals surface area contributed by atoms with E-state index < -0.39 is 44.8 Å². The largest absolute Gasteiger partial charge is 0.462 e. The van der Waals surface area contributed by atoms with Crippen molar-refractivity contribution in [2.75, 3.05) is 13.2 Å². The topological polar surface area (TPSA) is 55.4 Å². The summed E-state index contributed by atoms with van der Waals surface area (Å²) in [6.45, 7) is 3.63. The molecular formula is C14H13BrF3NO3. The van der Waals surface area contributed by atoms with Gasteiger partial charge >= 0.3 is 5.97 Å². The van der Waals surface area contributed by atoms with Crippen LogP contribution in [-0.4, -0.2) is 24.9 Å². The van der Waals surface area contributed by atoms with E-state index in [0.29, 0.717) is 12.6 Å². The molecule has 22 heavy (non-hydrogen) atoms. The molecule has 0 aliphatic heterocycles. The third-order valence-electron chi connectivity index (χ3n) is 2.54. The number of esters is 1. The van der Waals surface area contributed by atoms with Gasteiger partial charge < -0.3 is 10.1 Å². The van der Waals surface area contributed by atoms with Crippen LogP contribution in [0.15, 0.2) is 22.3 Å². The number of ketones is 1. The zero-order chi connectivity index (χ0) is 16.9. The van der Waals surface area contributed by atoms with E-state index in [9.17, 15) is 22.8 Å². The van der Waals surface area contributed by atoms with Gasteiger partial charge in [0.1, 0.15) is 5.57 Å². The number of carbonyl (C=O) groups is 2. The molecule has 1 aromatic carbocycles. The highest BCUT2D eigenvalue weighted by Crippen LogP contribution is 2.26. The van der Waals surface area contributed by atoms with E-state index in [2.05, 4.69) is 21.2 Å². The van der Waals surface area contributed by atoms with Gasteiger partial charge in [0.05, 0.1) is 16.6 Å². The molecule has 0 heterocycles. The van der Waals surface area contributed by atoms with Gasteiger partial charge in [0.25, 0.3) is 0 Å².